The van der Waals surface area contributed by atoms with Gasteiger partial charge in [-0.05, 0) is 62.3 Å². The zero-order valence-corrected chi connectivity index (χ0v) is 26.0. The van der Waals surface area contributed by atoms with Gasteiger partial charge in [-0.15, -0.1) is 0 Å². The number of fused-ring (bicyclic) bond motifs is 13. The predicted octanol–water partition coefficient (Wildman–Crippen LogP) is 4.06. The number of hydrogen-bond donors (Lipinski definition) is 1. The van der Waals surface area contributed by atoms with Crippen LogP contribution in [0.5, 0.6) is 0 Å². The van der Waals surface area contributed by atoms with Gasteiger partial charge in [-0.25, -0.2) is 13.2 Å². The molecular weight excluding hydrogens is 613 g/mol. The molecule has 0 atom stereocenters. The monoisotopic (exact) mass is 650 g/mol. The van der Waals surface area contributed by atoms with Crippen molar-refractivity contribution in [3.63, 3.8) is 0 Å². The Morgan fingerprint density at radius 3 is 2.22 bits per heavy atom. The standard InChI is InChI=1S/C32H38ClF3N4O5/c1-2-45-13-12-38-19-29(43)39(16-22-4-3-5-24(33)14-22)20-30(44)40(17-23-8-11-26(34)32(36)31(23)35)18-27(41)37-25-9-6-21(7-10-25)15-28(38)42/h3-5,8,11,14,21,25H,2,6-7,9-10,12-13,15-20H2,1H3,(H,37,41). The summed E-state index contributed by atoms with van der Waals surface area (Å²) in [6, 6.07) is 8.28. The normalized spacial score (nSPS) is 20.6. The van der Waals surface area contributed by atoms with Gasteiger partial charge in [0.2, 0.25) is 23.6 Å². The lowest BCUT2D eigenvalue weighted by Gasteiger charge is -2.33. The van der Waals surface area contributed by atoms with E-state index in [1.165, 1.54) is 9.80 Å². The number of ether oxygens (including phenoxy) is 1. The van der Waals surface area contributed by atoms with Gasteiger partial charge in [-0.2, -0.15) is 0 Å². The highest BCUT2D eigenvalue weighted by atomic mass is 35.5. The zero-order valence-electron chi connectivity index (χ0n) is 25.2. The highest BCUT2D eigenvalue weighted by Crippen LogP contribution is 2.28. The van der Waals surface area contributed by atoms with E-state index in [4.69, 9.17) is 16.3 Å². The fraction of sp³-hybridized carbons (Fsp3) is 0.500. The summed E-state index contributed by atoms with van der Waals surface area (Å²) in [5.74, 6) is -6.43. The first-order valence-corrected chi connectivity index (χ1v) is 15.5. The van der Waals surface area contributed by atoms with E-state index in [1.807, 2.05) is 6.92 Å². The van der Waals surface area contributed by atoms with Gasteiger partial charge in [0.05, 0.1) is 19.7 Å². The Morgan fingerprint density at radius 1 is 0.844 bits per heavy atom. The number of halogens is 4. The molecule has 2 bridgehead atoms. The van der Waals surface area contributed by atoms with Crippen LogP contribution in [0.1, 0.15) is 50.2 Å². The number of benzene rings is 2. The smallest absolute Gasteiger partial charge is 0.242 e. The molecule has 9 nitrogen and oxygen atoms in total. The van der Waals surface area contributed by atoms with Gasteiger partial charge in [0.15, 0.2) is 17.5 Å². The average Bonchev–Trinajstić information content (AvgIpc) is 3.00. The third-order valence-corrected chi connectivity index (χ3v) is 8.40. The van der Waals surface area contributed by atoms with Crippen molar-refractivity contribution in [2.45, 2.75) is 58.2 Å². The summed E-state index contributed by atoms with van der Waals surface area (Å²) < 4.78 is 47.9. The van der Waals surface area contributed by atoms with Crippen LogP contribution in [0.2, 0.25) is 5.02 Å². The minimum atomic E-state index is -1.69. The van der Waals surface area contributed by atoms with Crippen LogP contribution >= 0.6 is 11.6 Å². The molecule has 0 unspecified atom stereocenters. The summed E-state index contributed by atoms with van der Waals surface area (Å²) in [4.78, 5) is 57.8. The second-order valence-electron chi connectivity index (χ2n) is 11.5. The Labute approximate surface area is 265 Å². The molecule has 0 aromatic heterocycles. The van der Waals surface area contributed by atoms with E-state index in [0.29, 0.717) is 42.9 Å². The maximum Gasteiger partial charge on any atom is 0.242 e. The van der Waals surface area contributed by atoms with Gasteiger partial charge < -0.3 is 24.8 Å². The third kappa shape index (κ3) is 9.67. The number of nitrogens with zero attached hydrogens (tertiary/aromatic N) is 3. The van der Waals surface area contributed by atoms with Crippen molar-refractivity contribution in [3.8, 4) is 0 Å². The van der Waals surface area contributed by atoms with Crippen LogP contribution in [0.3, 0.4) is 0 Å². The lowest BCUT2D eigenvalue weighted by atomic mass is 9.83. The van der Waals surface area contributed by atoms with Crippen molar-refractivity contribution in [2.75, 3.05) is 39.4 Å². The van der Waals surface area contributed by atoms with Crippen molar-refractivity contribution in [1.82, 2.24) is 20.0 Å². The second-order valence-corrected chi connectivity index (χ2v) is 11.9. The van der Waals surface area contributed by atoms with E-state index in [-0.39, 0.29) is 56.1 Å². The second kappa shape index (κ2) is 16.1. The zero-order chi connectivity index (χ0) is 32.5. The topological polar surface area (TPSA) is 99.3 Å². The largest absolute Gasteiger partial charge is 0.380 e. The molecule has 244 valence electrons. The molecule has 5 rings (SSSR count). The van der Waals surface area contributed by atoms with E-state index >= 15 is 0 Å². The first-order valence-electron chi connectivity index (χ1n) is 15.1. The Kier molecular flexibility index (Phi) is 12.2. The maximum absolute atomic E-state index is 14.7. The van der Waals surface area contributed by atoms with E-state index in [2.05, 4.69) is 5.32 Å². The molecule has 3 fully saturated rings. The van der Waals surface area contributed by atoms with Crippen LogP contribution in [0, 0.1) is 23.4 Å². The van der Waals surface area contributed by atoms with E-state index in [1.54, 1.807) is 24.3 Å². The van der Waals surface area contributed by atoms with Crippen molar-refractivity contribution in [2.24, 2.45) is 5.92 Å². The van der Waals surface area contributed by atoms with Gasteiger partial charge in [-0.3, -0.25) is 19.2 Å². The molecule has 3 aliphatic rings. The van der Waals surface area contributed by atoms with Crippen LogP contribution in [0.15, 0.2) is 36.4 Å². The van der Waals surface area contributed by atoms with Crippen LogP contribution in [0.4, 0.5) is 13.2 Å². The fourth-order valence-electron chi connectivity index (χ4n) is 5.69. The van der Waals surface area contributed by atoms with Crippen LogP contribution in [-0.4, -0.2) is 83.8 Å². The number of carbonyl (C=O) groups is 4. The van der Waals surface area contributed by atoms with Crippen LogP contribution in [0.25, 0.3) is 0 Å². The van der Waals surface area contributed by atoms with E-state index < -0.39 is 54.8 Å². The van der Waals surface area contributed by atoms with Crippen molar-refractivity contribution >= 4 is 35.2 Å². The van der Waals surface area contributed by atoms with E-state index in [0.717, 1.165) is 17.0 Å². The van der Waals surface area contributed by atoms with Crippen molar-refractivity contribution < 1.29 is 37.1 Å². The van der Waals surface area contributed by atoms with Crippen molar-refractivity contribution in [3.05, 3.63) is 70.0 Å². The van der Waals surface area contributed by atoms with Gasteiger partial charge >= 0.3 is 0 Å². The third-order valence-electron chi connectivity index (χ3n) is 8.17. The number of hydrogen-bond acceptors (Lipinski definition) is 5. The molecule has 2 aliphatic heterocycles. The summed E-state index contributed by atoms with van der Waals surface area (Å²) in [5.41, 5.74) is 0.281. The molecule has 2 aromatic rings. The van der Waals surface area contributed by atoms with Crippen LogP contribution < -0.4 is 5.32 Å². The highest BCUT2D eigenvalue weighted by molar-refractivity contribution is 6.30. The first kappa shape index (κ1) is 34.2. The molecule has 4 amide bonds. The molecule has 1 N–H and O–H groups in total. The summed E-state index contributed by atoms with van der Waals surface area (Å²) in [6.45, 7) is 0.749. The maximum atomic E-state index is 14.7. The van der Waals surface area contributed by atoms with E-state index in [9.17, 15) is 32.3 Å². The lowest BCUT2D eigenvalue weighted by molar-refractivity contribution is -0.146. The van der Waals surface area contributed by atoms with Gasteiger partial charge in [0.25, 0.3) is 0 Å². The molecule has 1 aliphatic carbocycles. The predicted molar refractivity (Wildman–Crippen MR) is 160 cm³/mol. The number of amides is 4. The number of nitrogens with one attached hydrogen (secondary N) is 1. The highest BCUT2D eigenvalue weighted by Gasteiger charge is 2.31. The Balaban J connectivity index is 1.67. The molecule has 0 spiro atoms. The minimum absolute atomic E-state index is 0.0527. The van der Waals surface area contributed by atoms with Gasteiger partial charge in [-0.1, -0.05) is 29.8 Å². The molecule has 13 heteroatoms. The quantitative estimate of drug-likeness (QED) is 0.264. The number of rotatable bonds is 8. The minimum Gasteiger partial charge on any atom is -0.380 e. The Hall–Kier alpha value is -3.64. The molecule has 2 aromatic carbocycles. The SMILES string of the molecule is CCOCCN1CC(=O)N(Cc2cccc(Cl)c2)CC(=O)N(Cc2ccc(F)c(F)c2F)CC(=O)NC2CCC(CC2)CC1=O. The molecule has 2 heterocycles. The molecular formula is C32H38ClF3N4O5. The fourth-order valence-corrected chi connectivity index (χ4v) is 5.90. The summed E-state index contributed by atoms with van der Waals surface area (Å²) in [6.07, 6.45) is 2.88. The molecule has 2 saturated heterocycles. The van der Waals surface area contributed by atoms with Gasteiger partial charge in [0, 0.05) is 49.3 Å². The summed E-state index contributed by atoms with van der Waals surface area (Å²) >= 11 is 6.17. The summed E-state index contributed by atoms with van der Waals surface area (Å²) in [5, 5.41) is 3.32. The molecule has 1 saturated carbocycles. The molecule has 0 radical (unpaired) electrons. The summed E-state index contributed by atoms with van der Waals surface area (Å²) in [7, 11) is 0. The van der Waals surface area contributed by atoms with Crippen LogP contribution in [-0.2, 0) is 37.0 Å². The van der Waals surface area contributed by atoms with Gasteiger partial charge in [0.1, 0.15) is 6.54 Å². The number of carbonyl (C=O) groups excluding carboxylic acids is 4. The Bertz CT molecular complexity index is 1390. The van der Waals surface area contributed by atoms with Crippen molar-refractivity contribution in [1.29, 1.82) is 0 Å². The first-order chi connectivity index (χ1) is 21.5. The average molecular weight is 651 g/mol. The lowest BCUT2D eigenvalue weighted by Crippen LogP contribution is -2.50. The molecule has 45 heavy (non-hydrogen) atoms. The Morgan fingerprint density at radius 2 is 1.53 bits per heavy atom.